The lowest BCUT2D eigenvalue weighted by molar-refractivity contribution is -0.296. The molecule has 1 unspecified atom stereocenters. The molecule has 2 aliphatic heterocycles. The van der Waals surface area contributed by atoms with Crippen molar-refractivity contribution in [3.8, 4) is 0 Å². The largest absolute Gasteiger partial charge is 0.491 e. The van der Waals surface area contributed by atoms with Crippen LogP contribution in [-0.2, 0) is 14.2 Å². The zero-order valence-electron chi connectivity index (χ0n) is 20.9. The molecule has 36 heavy (non-hydrogen) atoms. The van der Waals surface area contributed by atoms with Crippen LogP contribution >= 0.6 is 0 Å². The van der Waals surface area contributed by atoms with Crippen molar-refractivity contribution in [2.24, 2.45) is 33.8 Å². The van der Waals surface area contributed by atoms with Crippen molar-refractivity contribution in [3.05, 3.63) is 11.8 Å². The summed E-state index contributed by atoms with van der Waals surface area (Å²) in [5.41, 5.74) is 22.8. The second kappa shape index (κ2) is 12.3. The highest BCUT2D eigenvalue weighted by Gasteiger charge is 2.52. The summed E-state index contributed by atoms with van der Waals surface area (Å²) in [7, 11) is 1.62. The maximum atomic E-state index is 11.5. The smallest absolute Gasteiger partial charge is 0.186 e. The minimum atomic E-state index is -1.32. The molecule has 1 saturated carbocycles. The van der Waals surface area contributed by atoms with Crippen LogP contribution in [0.15, 0.2) is 16.8 Å². The standard InChI is InChI=1S/C22H43N7O7/c1-22(33)9-34-20(16(32)19(22)27-2)36-17-12(24)7-11(23)14(15(17)31)18-13(29-21(25)26)4-3-10(35-18)8-28-5-6-30/h3,11-20,27-28,30-33H,4-9,23-24H2,1-2H3,(H4,25,26,29)/t11-,12+,13+,14?,15-,16+,17-,18-,19+,20+,22-/m0/s1. The average molecular weight is 518 g/mol. The van der Waals surface area contributed by atoms with Gasteiger partial charge < -0.3 is 68.2 Å². The number of aliphatic imine (C=N–C) groups is 1. The number of nitrogens with zero attached hydrogens (tertiary/aromatic N) is 1. The molecule has 14 heteroatoms. The number of nitrogens with one attached hydrogen (secondary N) is 2. The van der Waals surface area contributed by atoms with E-state index < -0.39 is 66.4 Å². The van der Waals surface area contributed by atoms with Crippen LogP contribution in [0.3, 0.4) is 0 Å². The normalized spacial score (nSPS) is 43.4. The fourth-order valence-corrected chi connectivity index (χ4v) is 5.42. The molecule has 0 aromatic carbocycles. The molecule has 0 aromatic heterocycles. The fraction of sp³-hybridized carbons (Fsp3) is 0.864. The van der Waals surface area contributed by atoms with Crippen molar-refractivity contribution in [2.45, 2.75) is 80.2 Å². The Morgan fingerprint density at radius 1 is 1.25 bits per heavy atom. The van der Waals surface area contributed by atoms with E-state index in [1.165, 1.54) is 0 Å². The lowest BCUT2D eigenvalue weighted by Gasteiger charge is -2.49. The zero-order valence-corrected chi connectivity index (χ0v) is 20.9. The summed E-state index contributed by atoms with van der Waals surface area (Å²) in [5.74, 6) is -0.156. The summed E-state index contributed by atoms with van der Waals surface area (Å²) < 4.78 is 17.9. The first-order valence-electron chi connectivity index (χ1n) is 12.3. The summed E-state index contributed by atoms with van der Waals surface area (Å²) in [4.78, 5) is 4.30. The van der Waals surface area contributed by atoms with E-state index in [0.29, 0.717) is 31.7 Å². The van der Waals surface area contributed by atoms with E-state index in [1.807, 2.05) is 6.08 Å². The van der Waals surface area contributed by atoms with E-state index in [4.69, 9.17) is 42.3 Å². The monoisotopic (exact) mass is 517 g/mol. The van der Waals surface area contributed by atoms with E-state index in [9.17, 15) is 15.3 Å². The molecule has 14 N–H and O–H groups in total. The van der Waals surface area contributed by atoms with E-state index in [1.54, 1.807) is 14.0 Å². The fourth-order valence-electron chi connectivity index (χ4n) is 5.42. The number of guanidine groups is 1. The Morgan fingerprint density at radius 2 is 1.97 bits per heavy atom. The van der Waals surface area contributed by atoms with Crippen molar-refractivity contribution in [3.63, 3.8) is 0 Å². The van der Waals surface area contributed by atoms with Crippen LogP contribution in [0.4, 0.5) is 0 Å². The predicted octanol–water partition coefficient (Wildman–Crippen LogP) is -4.64. The van der Waals surface area contributed by atoms with E-state index in [0.717, 1.165) is 0 Å². The van der Waals surface area contributed by atoms with Crippen LogP contribution in [0.25, 0.3) is 0 Å². The minimum absolute atomic E-state index is 0.0185. The number of likely N-dealkylation sites (N-methyl/N-ethyl adjacent to an activating group) is 1. The Bertz CT molecular complexity index is 782. The van der Waals surface area contributed by atoms with Crippen molar-refractivity contribution in [1.29, 1.82) is 0 Å². The van der Waals surface area contributed by atoms with Gasteiger partial charge in [0.25, 0.3) is 0 Å². The number of aliphatic hydroxyl groups is 4. The first-order valence-corrected chi connectivity index (χ1v) is 12.3. The summed E-state index contributed by atoms with van der Waals surface area (Å²) in [6.07, 6.45) is -2.57. The van der Waals surface area contributed by atoms with Crippen LogP contribution in [0.1, 0.15) is 19.8 Å². The van der Waals surface area contributed by atoms with Gasteiger partial charge in [0.1, 0.15) is 29.7 Å². The molecule has 3 aliphatic rings. The van der Waals surface area contributed by atoms with Gasteiger partial charge in [0.15, 0.2) is 12.2 Å². The summed E-state index contributed by atoms with van der Waals surface area (Å²) in [6, 6.07) is -2.43. The molecular formula is C22H43N7O7. The Balaban J connectivity index is 1.80. The third kappa shape index (κ3) is 6.45. The van der Waals surface area contributed by atoms with Crippen molar-refractivity contribution in [1.82, 2.24) is 10.6 Å². The molecule has 0 bridgehead atoms. The molecule has 0 radical (unpaired) electrons. The number of ether oxygens (including phenoxy) is 3. The van der Waals surface area contributed by atoms with Gasteiger partial charge >= 0.3 is 0 Å². The quantitative estimate of drug-likeness (QED) is 0.0786. The minimum Gasteiger partial charge on any atom is -0.491 e. The molecule has 2 fully saturated rings. The number of nitrogens with two attached hydrogens (primary N) is 4. The van der Waals surface area contributed by atoms with Gasteiger partial charge in [-0.15, -0.1) is 0 Å². The van der Waals surface area contributed by atoms with Crippen LogP contribution in [0.5, 0.6) is 0 Å². The predicted molar refractivity (Wildman–Crippen MR) is 131 cm³/mol. The first-order chi connectivity index (χ1) is 17.0. The number of hydrogen-bond donors (Lipinski definition) is 10. The van der Waals surface area contributed by atoms with Gasteiger partial charge in [0.05, 0.1) is 37.9 Å². The number of aliphatic hydroxyl groups excluding tert-OH is 3. The highest BCUT2D eigenvalue weighted by molar-refractivity contribution is 5.76. The lowest BCUT2D eigenvalue weighted by atomic mass is 9.73. The molecule has 11 atom stereocenters. The molecule has 0 aromatic rings. The van der Waals surface area contributed by atoms with E-state index in [-0.39, 0.29) is 19.2 Å². The van der Waals surface area contributed by atoms with Gasteiger partial charge in [-0.3, -0.25) is 0 Å². The van der Waals surface area contributed by atoms with E-state index in [2.05, 4.69) is 15.6 Å². The van der Waals surface area contributed by atoms with Gasteiger partial charge in [-0.2, -0.15) is 0 Å². The lowest BCUT2D eigenvalue weighted by Crippen LogP contribution is -2.68. The zero-order chi connectivity index (χ0) is 26.6. The third-order valence-electron chi connectivity index (χ3n) is 7.16. The van der Waals surface area contributed by atoms with Gasteiger partial charge in [0.2, 0.25) is 0 Å². The maximum absolute atomic E-state index is 11.5. The SMILES string of the molecule is CN[C@@H]1[C@@H](O)[C@@H](O[C@H]2[C@H](N)C[C@H](N)C([C@H]3OC(CNCCO)=CC[C@H]3N=C(N)N)[C@@H]2O)OC[C@]1(C)O. The topological polar surface area (TPSA) is 249 Å². The van der Waals surface area contributed by atoms with Gasteiger partial charge in [-0.05, 0) is 32.9 Å². The first kappa shape index (κ1) is 29.0. The highest BCUT2D eigenvalue weighted by Crippen LogP contribution is 2.37. The maximum Gasteiger partial charge on any atom is 0.186 e. The van der Waals surface area contributed by atoms with Crippen molar-refractivity contribution >= 4 is 5.96 Å². The highest BCUT2D eigenvalue weighted by atomic mass is 16.7. The van der Waals surface area contributed by atoms with Crippen LogP contribution in [-0.4, -0.2) is 120 Å². The Kier molecular flexibility index (Phi) is 9.90. The average Bonchev–Trinajstić information content (AvgIpc) is 2.79. The molecule has 14 nitrogen and oxygen atoms in total. The Labute approximate surface area is 211 Å². The van der Waals surface area contributed by atoms with E-state index >= 15 is 0 Å². The van der Waals surface area contributed by atoms with Crippen molar-refractivity contribution < 1.29 is 34.6 Å². The molecule has 0 spiro atoms. The summed E-state index contributed by atoms with van der Waals surface area (Å²) in [6.45, 7) is 2.21. The summed E-state index contributed by atoms with van der Waals surface area (Å²) in [5, 5.41) is 47.8. The molecular weight excluding hydrogens is 474 g/mol. The van der Waals surface area contributed by atoms with Crippen molar-refractivity contribution in [2.75, 3.05) is 33.4 Å². The molecule has 3 rings (SSSR count). The molecule has 0 amide bonds. The van der Waals surface area contributed by atoms with Gasteiger partial charge in [-0.1, -0.05) is 0 Å². The number of rotatable bonds is 9. The Morgan fingerprint density at radius 3 is 2.61 bits per heavy atom. The molecule has 1 aliphatic carbocycles. The molecule has 208 valence electrons. The van der Waals surface area contributed by atoms with Crippen LogP contribution in [0.2, 0.25) is 0 Å². The number of hydrogen-bond acceptors (Lipinski definition) is 12. The van der Waals surface area contributed by atoms with Gasteiger partial charge in [0, 0.05) is 24.5 Å². The molecule has 1 saturated heterocycles. The Hall–Kier alpha value is -1.59. The van der Waals surface area contributed by atoms with Crippen LogP contribution in [0, 0.1) is 5.92 Å². The van der Waals surface area contributed by atoms with Gasteiger partial charge in [-0.25, -0.2) is 4.99 Å². The van der Waals surface area contributed by atoms with Crippen LogP contribution < -0.4 is 33.6 Å². The summed E-state index contributed by atoms with van der Waals surface area (Å²) >= 11 is 0. The second-order valence-electron chi connectivity index (χ2n) is 10.0. The second-order valence-corrected chi connectivity index (χ2v) is 10.0. The molecule has 2 heterocycles. The third-order valence-corrected chi connectivity index (χ3v) is 7.16.